The lowest BCUT2D eigenvalue weighted by molar-refractivity contribution is 0.0989. The van der Waals surface area contributed by atoms with Gasteiger partial charge in [0.1, 0.15) is 21.3 Å². The molecule has 0 heterocycles. The Hall–Kier alpha value is -5.56. The minimum Gasteiger partial charge on any atom is -0.507 e. The van der Waals surface area contributed by atoms with Gasteiger partial charge in [-0.25, -0.2) is 0 Å². The Labute approximate surface area is 248 Å². The first-order valence-electron chi connectivity index (χ1n) is 11.9. The van der Waals surface area contributed by atoms with Crippen LogP contribution in [0.4, 0.5) is 22.7 Å². The lowest BCUT2D eigenvalue weighted by Crippen LogP contribution is -2.10. The molecule has 0 fully saturated rings. The smallest absolute Gasteiger partial charge is 0.295 e. The van der Waals surface area contributed by atoms with E-state index in [1.807, 2.05) is 0 Å². The number of nitrogens with two attached hydrogens (primary N) is 2. The number of nitrogens with zero attached hydrogens (tertiary/aromatic N) is 4. The molecular weight excluding hydrogens is 620 g/mol. The fraction of sp³-hybridized carbons (Fsp3) is 0. The number of carbonyl (C=O) groups excluding carboxylic acids is 2. The summed E-state index contributed by atoms with van der Waals surface area (Å²) >= 11 is 0. The summed E-state index contributed by atoms with van der Waals surface area (Å²) in [7, 11) is -10.0. The number of carbonyl (C=O) groups is 2. The van der Waals surface area contributed by atoms with Crippen LogP contribution >= 0.6 is 0 Å². The van der Waals surface area contributed by atoms with E-state index in [-0.39, 0.29) is 45.0 Å². The molecule has 2 amide bonds. The summed E-state index contributed by atoms with van der Waals surface area (Å²) in [6.07, 6.45) is 0. The van der Waals surface area contributed by atoms with E-state index in [4.69, 9.17) is 11.5 Å². The second-order valence-corrected chi connectivity index (χ2v) is 11.6. The average molecular weight is 641 g/mol. The SMILES string of the molecule is NC(=O)c1cc(N=Nc2ccc(-c3ccc(N=Nc4ccc(O)c(C(N)=O)c4)cc3S(=O)(=O)O)c(S(=O)(=O)O)c2)ccc1O. The minimum absolute atomic E-state index is 0.0608. The molecule has 4 aromatic carbocycles. The van der Waals surface area contributed by atoms with E-state index in [2.05, 4.69) is 20.5 Å². The highest BCUT2D eigenvalue weighted by Gasteiger charge is 2.24. The normalized spacial score (nSPS) is 12.1. The van der Waals surface area contributed by atoms with Gasteiger partial charge in [-0.2, -0.15) is 37.3 Å². The summed E-state index contributed by atoms with van der Waals surface area (Å²) in [5, 5.41) is 34.8. The van der Waals surface area contributed by atoms with Crippen LogP contribution in [0, 0.1) is 0 Å². The number of azo groups is 2. The molecule has 0 aliphatic rings. The van der Waals surface area contributed by atoms with Crippen molar-refractivity contribution >= 4 is 54.8 Å². The second-order valence-electron chi connectivity index (χ2n) is 8.84. The average Bonchev–Trinajstić information content (AvgIpc) is 2.95. The van der Waals surface area contributed by atoms with Crippen molar-refractivity contribution in [2.75, 3.05) is 0 Å². The predicted molar refractivity (Wildman–Crippen MR) is 153 cm³/mol. The van der Waals surface area contributed by atoms with Crippen LogP contribution in [0.15, 0.2) is 103 Å². The summed E-state index contributed by atoms with van der Waals surface area (Å²) in [4.78, 5) is 21.3. The molecule has 0 unspecified atom stereocenters. The third-order valence-electron chi connectivity index (χ3n) is 5.83. The molecule has 44 heavy (non-hydrogen) atoms. The zero-order valence-electron chi connectivity index (χ0n) is 21.9. The van der Waals surface area contributed by atoms with Gasteiger partial charge in [0.25, 0.3) is 32.1 Å². The van der Waals surface area contributed by atoms with Crippen LogP contribution in [-0.2, 0) is 20.2 Å². The fourth-order valence-corrected chi connectivity index (χ4v) is 5.27. The van der Waals surface area contributed by atoms with Crippen molar-refractivity contribution in [1.29, 1.82) is 0 Å². The largest absolute Gasteiger partial charge is 0.507 e. The summed E-state index contributed by atoms with van der Waals surface area (Å²) in [5.74, 6) is -2.65. The van der Waals surface area contributed by atoms with Crippen LogP contribution in [0.3, 0.4) is 0 Å². The maximum absolute atomic E-state index is 12.3. The molecule has 0 radical (unpaired) electrons. The van der Waals surface area contributed by atoms with Crippen molar-refractivity contribution in [1.82, 2.24) is 0 Å². The van der Waals surface area contributed by atoms with Gasteiger partial charge in [-0.1, -0.05) is 12.1 Å². The molecule has 0 spiro atoms. The molecule has 4 aromatic rings. The lowest BCUT2D eigenvalue weighted by atomic mass is 10.0. The molecule has 0 aromatic heterocycles. The van der Waals surface area contributed by atoms with Crippen molar-refractivity contribution < 1.29 is 45.7 Å². The number of benzene rings is 4. The van der Waals surface area contributed by atoms with Gasteiger partial charge in [0, 0.05) is 11.1 Å². The Morgan fingerprint density at radius 2 is 0.818 bits per heavy atom. The Morgan fingerprint density at radius 1 is 0.523 bits per heavy atom. The molecule has 0 aliphatic heterocycles. The number of primary amides is 2. The van der Waals surface area contributed by atoms with Gasteiger partial charge >= 0.3 is 0 Å². The molecule has 4 rings (SSSR count). The highest BCUT2D eigenvalue weighted by Crippen LogP contribution is 2.37. The Bertz CT molecular complexity index is 1960. The van der Waals surface area contributed by atoms with Gasteiger partial charge in [0.05, 0.1) is 33.9 Å². The summed E-state index contributed by atoms with van der Waals surface area (Å²) < 4.78 is 69.1. The van der Waals surface area contributed by atoms with Crippen molar-refractivity contribution in [3.8, 4) is 22.6 Å². The van der Waals surface area contributed by atoms with Gasteiger partial charge in [0.2, 0.25) is 0 Å². The molecule has 0 saturated carbocycles. The molecule has 18 heteroatoms. The van der Waals surface area contributed by atoms with Gasteiger partial charge in [-0.05, 0) is 60.7 Å². The second kappa shape index (κ2) is 12.0. The number of hydrogen-bond acceptors (Lipinski definition) is 12. The monoisotopic (exact) mass is 640 g/mol. The quantitative estimate of drug-likeness (QED) is 0.111. The first-order valence-corrected chi connectivity index (χ1v) is 14.7. The third kappa shape index (κ3) is 7.07. The predicted octanol–water partition coefficient (Wildman–Crippen LogP) is 4.29. The molecule has 16 nitrogen and oxygen atoms in total. The third-order valence-corrected chi connectivity index (χ3v) is 7.62. The van der Waals surface area contributed by atoms with Crippen molar-refractivity contribution in [2.24, 2.45) is 31.9 Å². The van der Waals surface area contributed by atoms with Crippen LogP contribution in [0.5, 0.6) is 11.5 Å². The van der Waals surface area contributed by atoms with Gasteiger partial charge in [-0.3, -0.25) is 18.7 Å². The number of aromatic hydroxyl groups is 2. The Morgan fingerprint density at radius 3 is 1.11 bits per heavy atom. The highest BCUT2D eigenvalue weighted by molar-refractivity contribution is 7.86. The minimum atomic E-state index is -5.02. The number of rotatable bonds is 9. The maximum Gasteiger partial charge on any atom is 0.295 e. The van der Waals surface area contributed by atoms with Crippen LogP contribution < -0.4 is 11.5 Å². The van der Waals surface area contributed by atoms with E-state index >= 15 is 0 Å². The summed E-state index contributed by atoms with van der Waals surface area (Å²) in [6.45, 7) is 0. The molecule has 226 valence electrons. The van der Waals surface area contributed by atoms with E-state index < -0.39 is 53.3 Å². The van der Waals surface area contributed by atoms with Gasteiger partial charge < -0.3 is 21.7 Å². The first kappa shape index (κ1) is 31.4. The Balaban J connectivity index is 1.77. The van der Waals surface area contributed by atoms with Crippen molar-refractivity contribution in [3.05, 3.63) is 83.9 Å². The number of phenols is 2. The van der Waals surface area contributed by atoms with E-state index in [0.29, 0.717) is 0 Å². The number of hydrogen-bond donors (Lipinski definition) is 6. The van der Waals surface area contributed by atoms with E-state index in [1.54, 1.807) is 0 Å². The van der Waals surface area contributed by atoms with Crippen LogP contribution in [-0.4, -0.2) is 48.0 Å². The van der Waals surface area contributed by atoms with E-state index in [1.165, 1.54) is 24.3 Å². The zero-order chi connectivity index (χ0) is 32.4. The molecule has 0 bridgehead atoms. The van der Waals surface area contributed by atoms with Crippen molar-refractivity contribution in [3.63, 3.8) is 0 Å². The molecule has 0 aliphatic carbocycles. The standard InChI is InChI=1S/C26H20N6O10S2/c27-25(35)19-9-13(3-7-21(19)33)29-31-15-1-5-17(23(11-15)43(37,38)39)18-6-2-16(12-24(18)44(40,41)42)32-30-14-4-8-22(34)20(10-14)26(28)36/h1-12,33-34H,(H2,27,35)(H2,28,36)(H,37,38,39)(H,40,41,42). The zero-order valence-corrected chi connectivity index (χ0v) is 23.6. The van der Waals surface area contributed by atoms with Crippen LogP contribution in [0.1, 0.15) is 20.7 Å². The van der Waals surface area contributed by atoms with E-state index in [9.17, 15) is 45.7 Å². The topological polar surface area (TPSA) is 285 Å². The summed E-state index contributed by atoms with van der Waals surface area (Å²) in [5.41, 5.74) is 9.08. The molecule has 0 saturated heterocycles. The van der Waals surface area contributed by atoms with E-state index in [0.717, 1.165) is 48.5 Å². The van der Waals surface area contributed by atoms with Crippen LogP contribution in [0.25, 0.3) is 11.1 Å². The highest BCUT2D eigenvalue weighted by atomic mass is 32.2. The van der Waals surface area contributed by atoms with Gasteiger partial charge in [0.15, 0.2) is 0 Å². The molecule has 8 N–H and O–H groups in total. The van der Waals surface area contributed by atoms with Crippen molar-refractivity contribution in [2.45, 2.75) is 9.79 Å². The summed E-state index contributed by atoms with van der Waals surface area (Å²) in [6, 6.07) is 13.6. The lowest BCUT2D eigenvalue weighted by Gasteiger charge is -2.12. The maximum atomic E-state index is 12.3. The van der Waals surface area contributed by atoms with Gasteiger partial charge in [-0.15, -0.1) is 0 Å². The Kier molecular flexibility index (Phi) is 8.54. The molecular formula is C26H20N6O10S2. The first-order chi connectivity index (χ1) is 20.5. The fourth-order valence-electron chi connectivity index (χ4n) is 3.82. The number of amides is 2. The molecule has 0 atom stereocenters. The van der Waals surface area contributed by atoms with Crippen LogP contribution in [0.2, 0.25) is 0 Å².